The molecule has 0 amide bonds. The van der Waals surface area contributed by atoms with Crippen LogP contribution in [-0.2, 0) is 0 Å². The molecule has 0 spiro atoms. The smallest absolute Gasteiger partial charge is 0.0214 e. The van der Waals surface area contributed by atoms with Gasteiger partial charge in [-0.2, -0.15) is 0 Å². The van der Waals surface area contributed by atoms with Crippen LogP contribution in [0.2, 0.25) is 0 Å². The highest BCUT2D eigenvalue weighted by Crippen LogP contribution is 1.58. The average molecular weight is 90.1 g/mol. The fraction of sp³-hybridized carbons (Fsp3) is 0. The Morgan fingerprint density at radius 2 is 1.83 bits per heavy atom. The Morgan fingerprint density at radius 1 is 1.33 bits per heavy atom. The van der Waals surface area contributed by atoms with Gasteiger partial charge in [0, 0.05) is 0 Å². The van der Waals surface area contributed by atoms with Gasteiger partial charge in [0.15, 0.2) is 0 Å². The van der Waals surface area contributed by atoms with Gasteiger partial charge in [0.25, 0.3) is 0 Å². The van der Waals surface area contributed by atoms with Crippen molar-refractivity contribution >= 4 is 0 Å². The first-order chi connectivity index (χ1) is 2.77. The van der Waals surface area contributed by atoms with E-state index in [1.54, 1.807) is 0 Å². The van der Waals surface area contributed by atoms with Crippen LogP contribution in [0.4, 0.5) is 0 Å². The van der Waals surface area contributed by atoms with E-state index in [4.69, 9.17) is 0 Å². The Morgan fingerprint density at radius 3 is 1.83 bits per heavy atom. The summed E-state index contributed by atoms with van der Waals surface area (Å²) in [6, 6.07) is 0. The zero-order valence-electron chi connectivity index (χ0n) is 3.07. The van der Waals surface area contributed by atoms with E-state index in [2.05, 4.69) is 28.0 Å². The van der Waals surface area contributed by atoms with Gasteiger partial charge in [-0.05, 0) is 5.22 Å². The van der Waals surface area contributed by atoms with Crippen molar-refractivity contribution in [2.75, 3.05) is 0 Å². The summed E-state index contributed by atoms with van der Waals surface area (Å²) in [5, 5.41) is 6.17. The number of nitrogens with two attached hydrogens (primary N) is 3. The molecule has 0 aliphatic carbocycles. The average Bonchev–Trinajstić information content (AvgIpc) is 1.35. The van der Waals surface area contributed by atoms with Crippen LogP contribution >= 0.6 is 0 Å². The van der Waals surface area contributed by atoms with Gasteiger partial charge in [-0.15, -0.1) is 5.23 Å². The van der Waals surface area contributed by atoms with Crippen LogP contribution in [0.3, 0.4) is 0 Å². The maximum atomic E-state index is 4.67. The minimum atomic E-state index is 0.514. The van der Waals surface area contributed by atoms with Crippen molar-refractivity contribution in [3.8, 4) is 0 Å². The van der Waals surface area contributed by atoms with Crippen molar-refractivity contribution in [3.05, 3.63) is 0 Å². The second-order valence-corrected chi connectivity index (χ2v) is 0.585. The minimum Gasteiger partial charge on any atom is -0.303 e. The first-order valence-corrected chi connectivity index (χ1v) is 1.17. The van der Waals surface area contributed by atoms with E-state index in [0.29, 0.717) is 5.23 Å². The van der Waals surface area contributed by atoms with E-state index in [1.165, 1.54) is 0 Å². The third-order valence-electron chi connectivity index (χ3n) is 0.155. The van der Waals surface area contributed by atoms with Crippen LogP contribution in [0, 0.1) is 0 Å². The molecule has 0 fully saturated rings. The van der Waals surface area contributed by atoms with Crippen LogP contribution in [-0.4, -0.2) is 5.23 Å². The topological polar surface area (TPSA) is 106 Å². The largest absolute Gasteiger partial charge is 0.303 e. The SMILES string of the molecule is N/N=N\N(N)N. The second-order valence-electron chi connectivity index (χ2n) is 0.585. The van der Waals surface area contributed by atoms with E-state index in [1.807, 2.05) is 0 Å². The summed E-state index contributed by atoms with van der Waals surface area (Å²) < 4.78 is 0. The van der Waals surface area contributed by atoms with Gasteiger partial charge in [-0.3, -0.25) is 0 Å². The molecule has 6 heavy (non-hydrogen) atoms. The Kier molecular flexibility index (Phi) is 2.02. The summed E-state index contributed by atoms with van der Waals surface area (Å²) in [6.07, 6.45) is 0. The van der Waals surface area contributed by atoms with Gasteiger partial charge in [0.05, 0.1) is 0 Å². The molecule has 0 saturated carbocycles. The first-order valence-electron chi connectivity index (χ1n) is 1.17. The third-order valence-corrected chi connectivity index (χ3v) is 0.155. The fourth-order valence-electron chi connectivity index (χ4n) is 0.0596. The number of hydrogen-bond acceptors (Lipinski definition) is 4. The van der Waals surface area contributed by atoms with E-state index >= 15 is 0 Å². The van der Waals surface area contributed by atoms with Gasteiger partial charge in [0.1, 0.15) is 0 Å². The van der Waals surface area contributed by atoms with Crippen molar-refractivity contribution in [2.24, 2.45) is 28.0 Å². The maximum absolute atomic E-state index is 4.67. The van der Waals surface area contributed by atoms with E-state index < -0.39 is 0 Å². The van der Waals surface area contributed by atoms with Crippen molar-refractivity contribution in [1.29, 1.82) is 0 Å². The number of rotatable bonds is 1. The number of nitrogens with zero attached hydrogens (tertiary/aromatic N) is 3. The predicted octanol–water partition coefficient (Wildman–Crippen LogP) is -1.72. The summed E-state index contributed by atoms with van der Waals surface area (Å²) in [7, 11) is 0. The highest BCUT2D eigenvalue weighted by Gasteiger charge is 1.68. The molecule has 0 atom stereocenters. The molecule has 0 saturated heterocycles. The molecule has 0 aromatic heterocycles. The molecule has 0 aromatic carbocycles. The summed E-state index contributed by atoms with van der Waals surface area (Å²) >= 11 is 0. The zero-order valence-corrected chi connectivity index (χ0v) is 3.07. The zero-order chi connectivity index (χ0) is 4.99. The summed E-state index contributed by atoms with van der Waals surface area (Å²) in [4.78, 5) is 0. The molecular formula is H6N6. The van der Waals surface area contributed by atoms with Crippen molar-refractivity contribution in [2.45, 2.75) is 0 Å². The predicted molar refractivity (Wildman–Crippen MR) is 19.3 cm³/mol. The molecule has 6 nitrogen and oxygen atoms in total. The van der Waals surface area contributed by atoms with Crippen LogP contribution < -0.4 is 17.5 Å². The second kappa shape index (κ2) is 2.36. The van der Waals surface area contributed by atoms with Gasteiger partial charge < -0.3 is 5.84 Å². The quantitative estimate of drug-likeness (QED) is 0.202. The van der Waals surface area contributed by atoms with Crippen LogP contribution in [0.25, 0.3) is 0 Å². The van der Waals surface area contributed by atoms with Crippen LogP contribution in [0.15, 0.2) is 10.4 Å². The lowest BCUT2D eigenvalue weighted by Crippen LogP contribution is -2.31. The Labute approximate surface area is 34.5 Å². The van der Waals surface area contributed by atoms with Gasteiger partial charge in [-0.1, -0.05) is 5.22 Å². The molecule has 0 aliphatic rings. The molecular weight excluding hydrogens is 84.0 g/mol. The molecule has 36 valence electrons. The summed E-state index contributed by atoms with van der Waals surface area (Å²) in [5.74, 6) is 13.8. The highest BCUT2D eigenvalue weighted by molar-refractivity contribution is 3.98. The van der Waals surface area contributed by atoms with E-state index in [-0.39, 0.29) is 0 Å². The summed E-state index contributed by atoms with van der Waals surface area (Å²) in [6.45, 7) is 0. The monoisotopic (exact) mass is 90.1 g/mol. The molecule has 0 radical (unpaired) electrons. The Balaban J connectivity index is 3.03. The number of hydrazine groups is 2. The lowest BCUT2D eigenvalue weighted by molar-refractivity contribution is 0.285. The normalized spacial score (nSPS) is 9.67. The fourth-order valence-corrected chi connectivity index (χ4v) is 0.0596. The third kappa shape index (κ3) is 3.12. The van der Waals surface area contributed by atoms with Gasteiger partial charge >= 0.3 is 0 Å². The Bertz CT molecular complexity index is 42.0. The van der Waals surface area contributed by atoms with Gasteiger partial charge in [-0.25, -0.2) is 11.7 Å². The van der Waals surface area contributed by atoms with E-state index in [0.717, 1.165) is 0 Å². The minimum absolute atomic E-state index is 0.514. The molecule has 6 heteroatoms. The van der Waals surface area contributed by atoms with E-state index in [9.17, 15) is 0 Å². The van der Waals surface area contributed by atoms with Crippen molar-refractivity contribution < 1.29 is 0 Å². The highest BCUT2D eigenvalue weighted by atomic mass is 15.8. The standard InChI is InChI=1S/H6N6/c1-4-5-6(2)3/h2-3H2,(H2,1,5). The van der Waals surface area contributed by atoms with Crippen LogP contribution in [0.1, 0.15) is 0 Å². The lowest BCUT2D eigenvalue weighted by atomic mass is 12.2. The van der Waals surface area contributed by atoms with Gasteiger partial charge in [0.2, 0.25) is 0 Å². The lowest BCUT2D eigenvalue weighted by Gasteiger charge is -1.95. The molecule has 0 aromatic rings. The van der Waals surface area contributed by atoms with Crippen LogP contribution in [0.5, 0.6) is 0 Å². The molecule has 0 rings (SSSR count). The van der Waals surface area contributed by atoms with Crippen molar-refractivity contribution in [1.82, 2.24) is 5.23 Å². The number of hydrogen-bond donors (Lipinski definition) is 3. The molecule has 0 unspecified atom stereocenters. The first kappa shape index (κ1) is 5.12. The molecule has 0 bridgehead atoms. The molecule has 0 heterocycles. The molecule has 6 N–H and O–H groups in total. The maximum Gasteiger partial charge on any atom is -0.0214 e. The summed E-state index contributed by atoms with van der Waals surface area (Å²) in [5.41, 5.74) is 0. The molecule has 0 aliphatic heterocycles. The Hall–Kier alpha value is -0.880. The van der Waals surface area contributed by atoms with Crippen molar-refractivity contribution in [3.63, 3.8) is 0 Å².